The Morgan fingerprint density at radius 2 is 1.86 bits per heavy atom. The summed E-state index contributed by atoms with van der Waals surface area (Å²) in [6, 6.07) is 1.73. The lowest BCUT2D eigenvalue weighted by Gasteiger charge is -2.19. The highest BCUT2D eigenvalue weighted by molar-refractivity contribution is 5.95. The molecule has 6 heteroatoms. The van der Waals surface area contributed by atoms with Crippen LogP contribution >= 0.6 is 0 Å². The first-order chi connectivity index (χ1) is 10.1. The molecule has 2 rings (SSSR count). The number of nitrogens with one attached hydrogen (secondary N) is 1. The summed E-state index contributed by atoms with van der Waals surface area (Å²) in [5.41, 5.74) is 4.62. The minimum absolute atomic E-state index is 0.344. The van der Waals surface area contributed by atoms with Crippen LogP contribution in [0, 0.1) is 11.6 Å². The number of hydrogen-bond donors (Lipinski definition) is 2. The first kappa shape index (κ1) is 15.7. The zero-order valence-corrected chi connectivity index (χ0v) is 12.0. The second kappa shape index (κ2) is 7.36. The molecule has 1 aromatic rings. The van der Waals surface area contributed by atoms with Crippen molar-refractivity contribution in [3.63, 3.8) is 0 Å². The third-order valence-electron chi connectivity index (χ3n) is 3.72. The van der Waals surface area contributed by atoms with Crippen molar-refractivity contribution in [1.82, 2.24) is 10.2 Å². The average molecular weight is 297 g/mol. The van der Waals surface area contributed by atoms with Crippen LogP contribution in [0.2, 0.25) is 0 Å². The lowest BCUT2D eigenvalue weighted by Crippen LogP contribution is -2.35. The van der Waals surface area contributed by atoms with Crippen LogP contribution in [0.1, 0.15) is 36.0 Å². The lowest BCUT2D eigenvalue weighted by atomic mass is 10.1. The highest BCUT2D eigenvalue weighted by atomic mass is 19.1. The Morgan fingerprint density at radius 3 is 2.52 bits per heavy atom. The van der Waals surface area contributed by atoms with E-state index in [9.17, 15) is 13.6 Å². The first-order valence-corrected chi connectivity index (χ1v) is 7.33. The molecule has 116 valence electrons. The number of likely N-dealkylation sites (tertiary alicyclic amines) is 1. The van der Waals surface area contributed by atoms with Gasteiger partial charge in [-0.3, -0.25) is 4.79 Å². The number of nitrogens with two attached hydrogens (primary N) is 1. The predicted octanol–water partition coefficient (Wildman–Crippen LogP) is 2.15. The monoisotopic (exact) mass is 297 g/mol. The number of carbonyl (C=O) groups is 1. The summed E-state index contributed by atoms with van der Waals surface area (Å²) in [7, 11) is 0. The van der Waals surface area contributed by atoms with E-state index in [1.807, 2.05) is 0 Å². The molecule has 1 amide bonds. The lowest BCUT2D eigenvalue weighted by molar-refractivity contribution is 0.0944. The van der Waals surface area contributed by atoms with Gasteiger partial charge in [-0.2, -0.15) is 0 Å². The molecule has 1 aliphatic rings. The van der Waals surface area contributed by atoms with E-state index in [0.29, 0.717) is 6.54 Å². The molecule has 0 saturated carbocycles. The Hall–Kier alpha value is -1.69. The number of nitrogen functional groups attached to an aromatic ring is 1. The molecule has 1 aliphatic heterocycles. The Morgan fingerprint density at radius 1 is 1.19 bits per heavy atom. The molecule has 0 bridgehead atoms. The first-order valence-electron chi connectivity index (χ1n) is 7.33. The number of rotatable bonds is 4. The predicted molar refractivity (Wildman–Crippen MR) is 78.0 cm³/mol. The summed E-state index contributed by atoms with van der Waals surface area (Å²) in [6.07, 6.45) is 4.83. The van der Waals surface area contributed by atoms with E-state index < -0.39 is 17.5 Å². The van der Waals surface area contributed by atoms with E-state index in [1.54, 1.807) is 0 Å². The van der Waals surface area contributed by atoms with E-state index in [0.717, 1.165) is 31.8 Å². The molecule has 0 radical (unpaired) electrons. The highest BCUT2D eigenvalue weighted by Crippen LogP contribution is 2.17. The van der Waals surface area contributed by atoms with Gasteiger partial charge in [0, 0.05) is 13.1 Å². The quantitative estimate of drug-likeness (QED) is 0.837. The second-order valence-electron chi connectivity index (χ2n) is 5.37. The maximum Gasteiger partial charge on any atom is 0.254 e. The minimum Gasteiger partial charge on any atom is -0.396 e. The third kappa shape index (κ3) is 4.39. The van der Waals surface area contributed by atoms with Crippen molar-refractivity contribution in [2.45, 2.75) is 25.7 Å². The fourth-order valence-corrected chi connectivity index (χ4v) is 2.56. The maximum absolute atomic E-state index is 13.7. The van der Waals surface area contributed by atoms with Crippen LogP contribution in [0.4, 0.5) is 14.5 Å². The van der Waals surface area contributed by atoms with Crippen LogP contribution in [0.5, 0.6) is 0 Å². The minimum atomic E-state index is -0.872. The summed E-state index contributed by atoms with van der Waals surface area (Å²) in [6.45, 7) is 3.18. The molecule has 21 heavy (non-hydrogen) atoms. The van der Waals surface area contributed by atoms with E-state index >= 15 is 0 Å². The van der Waals surface area contributed by atoms with Crippen molar-refractivity contribution in [2.75, 3.05) is 31.9 Å². The number of nitrogens with zero attached hydrogens (tertiary/aromatic N) is 1. The van der Waals surface area contributed by atoms with Crippen molar-refractivity contribution in [1.29, 1.82) is 0 Å². The van der Waals surface area contributed by atoms with Crippen LogP contribution < -0.4 is 11.1 Å². The summed E-state index contributed by atoms with van der Waals surface area (Å²) in [5.74, 6) is -2.22. The standard InChI is InChI=1S/C15H21F2N3O/c16-11-9-12(14(17)13(18)10-11)15(21)19-5-8-20-6-3-1-2-4-7-20/h9-10H,1-8,18H2,(H,19,21). The van der Waals surface area contributed by atoms with Crippen molar-refractivity contribution in [3.05, 3.63) is 29.3 Å². The van der Waals surface area contributed by atoms with Gasteiger partial charge in [-0.25, -0.2) is 8.78 Å². The number of halogens is 2. The zero-order chi connectivity index (χ0) is 15.2. The van der Waals surface area contributed by atoms with Gasteiger partial charge in [0.05, 0.1) is 11.3 Å². The molecule has 3 N–H and O–H groups in total. The summed E-state index contributed by atoms with van der Waals surface area (Å²) in [4.78, 5) is 14.2. The molecular formula is C15H21F2N3O. The Balaban J connectivity index is 1.87. The largest absolute Gasteiger partial charge is 0.396 e. The van der Waals surface area contributed by atoms with Crippen molar-refractivity contribution < 1.29 is 13.6 Å². The number of benzene rings is 1. The fourth-order valence-electron chi connectivity index (χ4n) is 2.56. The number of carbonyl (C=O) groups excluding carboxylic acids is 1. The molecule has 0 atom stereocenters. The zero-order valence-electron chi connectivity index (χ0n) is 12.0. The van der Waals surface area contributed by atoms with Crippen LogP contribution in [0.15, 0.2) is 12.1 Å². The third-order valence-corrected chi connectivity index (χ3v) is 3.72. The molecule has 1 saturated heterocycles. The van der Waals surface area contributed by atoms with Crippen LogP contribution in [-0.4, -0.2) is 37.0 Å². The van der Waals surface area contributed by atoms with Gasteiger partial charge in [0.25, 0.3) is 5.91 Å². The van der Waals surface area contributed by atoms with E-state index in [-0.39, 0.29) is 11.3 Å². The van der Waals surface area contributed by atoms with Crippen LogP contribution in [0.25, 0.3) is 0 Å². The van der Waals surface area contributed by atoms with Gasteiger partial charge < -0.3 is 16.0 Å². The molecule has 1 heterocycles. The normalized spacial score (nSPS) is 16.5. The summed E-state index contributed by atoms with van der Waals surface area (Å²) < 4.78 is 26.9. The van der Waals surface area contributed by atoms with Gasteiger partial charge in [0.1, 0.15) is 5.82 Å². The fraction of sp³-hybridized carbons (Fsp3) is 0.533. The van der Waals surface area contributed by atoms with Crippen molar-refractivity contribution in [2.24, 2.45) is 0 Å². The number of hydrogen-bond acceptors (Lipinski definition) is 3. The van der Waals surface area contributed by atoms with Gasteiger partial charge in [0.2, 0.25) is 0 Å². The number of anilines is 1. The Labute approximate surface area is 123 Å². The average Bonchev–Trinajstić information content (AvgIpc) is 2.71. The molecule has 0 unspecified atom stereocenters. The van der Waals surface area contributed by atoms with Crippen LogP contribution in [0.3, 0.4) is 0 Å². The smallest absolute Gasteiger partial charge is 0.254 e. The van der Waals surface area contributed by atoms with Crippen molar-refractivity contribution in [3.8, 4) is 0 Å². The van der Waals surface area contributed by atoms with E-state index in [4.69, 9.17) is 5.73 Å². The van der Waals surface area contributed by atoms with Gasteiger partial charge in [0.15, 0.2) is 5.82 Å². The van der Waals surface area contributed by atoms with Gasteiger partial charge >= 0.3 is 0 Å². The SMILES string of the molecule is Nc1cc(F)cc(C(=O)NCCN2CCCCCC2)c1F. The molecule has 0 spiro atoms. The Bertz CT molecular complexity index is 500. The molecular weight excluding hydrogens is 276 g/mol. The van der Waals surface area contributed by atoms with E-state index in [2.05, 4.69) is 10.2 Å². The second-order valence-corrected chi connectivity index (χ2v) is 5.37. The highest BCUT2D eigenvalue weighted by Gasteiger charge is 2.16. The van der Waals surface area contributed by atoms with Crippen LogP contribution in [-0.2, 0) is 0 Å². The Kier molecular flexibility index (Phi) is 5.50. The summed E-state index contributed by atoms with van der Waals surface area (Å²) >= 11 is 0. The topological polar surface area (TPSA) is 58.4 Å². The molecule has 4 nitrogen and oxygen atoms in total. The molecule has 1 aromatic carbocycles. The van der Waals surface area contributed by atoms with Gasteiger partial charge in [-0.15, -0.1) is 0 Å². The molecule has 0 aliphatic carbocycles. The summed E-state index contributed by atoms with van der Waals surface area (Å²) in [5, 5.41) is 2.62. The molecule has 1 fully saturated rings. The maximum atomic E-state index is 13.7. The molecule has 0 aromatic heterocycles. The van der Waals surface area contributed by atoms with Crippen molar-refractivity contribution >= 4 is 11.6 Å². The van der Waals surface area contributed by atoms with Gasteiger partial charge in [-0.05, 0) is 38.1 Å². The number of amides is 1. The van der Waals surface area contributed by atoms with E-state index in [1.165, 1.54) is 25.7 Å². The van der Waals surface area contributed by atoms with Gasteiger partial charge in [-0.1, -0.05) is 12.8 Å².